The molecule has 0 aromatic heterocycles. The summed E-state index contributed by atoms with van der Waals surface area (Å²) in [5, 5.41) is 0. The van der Waals surface area contributed by atoms with Gasteiger partial charge in [-0.15, -0.1) is 0 Å². The van der Waals surface area contributed by atoms with Gasteiger partial charge in [-0.2, -0.15) is 0 Å². The standard InChI is InChI=1S/C11H18O4/c1-4-14-10(12)9-11(15-9)6-13-5-8(11)7(2)3/h7-9H,4-6H2,1-3H3. The van der Waals surface area contributed by atoms with Gasteiger partial charge in [0.05, 0.1) is 19.8 Å². The lowest BCUT2D eigenvalue weighted by Crippen LogP contribution is -2.32. The fourth-order valence-corrected chi connectivity index (χ4v) is 2.39. The Bertz CT molecular complexity index is 263. The first-order valence-electron chi connectivity index (χ1n) is 5.54. The predicted octanol–water partition coefficient (Wildman–Crippen LogP) is 0.989. The minimum Gasteiger partial charge on any atom is -0.464 e. The first-order valence-corrected chi connectivity index (χ1v) is 5.54. The average molecular weight is 214 g/mol. The van der Waals surface area contributed by atoms with Crippen LogP contribution in [0, 0.1) is 11.8 Å². The Balaban J connectivity index is 2.02. The molecule has 3 atom stereocenters. The summed E-state index contributed by atoms with van der Waals surface area (Å²) in [6, 6.07) is 0. The molecule has 4 nitrogen and oxygen atoms in total. The molecule has 2 aliphatic heterocycles. The summed E-state index contributed by atoms with van der Waals surface area (Å²) in [5.41, 5.74) is -0.375. The van der Waals surface area contributed by atoms with Gasteiger partial charge in [-0.3, -0.25) is 0 Å². The summed E-state index contributed by atoms with van der Waals surface area (Å²) >= 11 is 0. The van der Waals surface area contributed by atoms with E-state index in [0.29, 0.717) is 31.7 Å². The summed E-state index contributed by atoms with van der Waals surface area (Å²) < 4.78 is 15.9. The van der Waals surface area contributed by atoms with E-state index in [1.807, 2.05) is 0 Å². The van der Waals surface area contributed by atoms with Gasteiger partial charge in [-0.1, -0.05) is 13.8 Å². The molecule has 3 unspecified atom stereocenters. The fraction of sp³-hybridized carbons (Fsp3) is 0.909. The van der Waals surface area contributed by atoms with Crippen molar-refractivity contribution in [1.29, 1.82) is 0 Å². The van der Waals surface area contributed by atoms with Gasteiger partial charge in [-0.25, -0.2) is 4.79 Å². The maximum Gasteiger partial charge on any atom is 0.338 e. The molecule has 0 amide bonds. The van der Waals surface area contributed by atoms with Crippen LogP contribution in [0.25, 0.3) is 0 Å². The van der Waals surface area contributed by atoms with Gasteiger partial charge in [0.15, 0.2) is 6.10 Å². The van der Waals surface area contributed by atoms with E-state index in [1.54, 1.807) is 6.92 Å². The van der Waals surface area contributed by atoms with Gasteiger partial charge < -0.3 is 14.2 Å². The topological polar surface area (TPSA) is 48.1 Å². The van der Waals surface area contributed by atoms with Crippen molar-refractivity contribution in [3.05, 3.63) is 0 Å². The largest absolute Gasteiger partial charge is 0.464 e. The van der Waals surface area contributed by atoms with E-state index in [4.69, 9.17) is 14.2 Å². The molecule has 0 saturated carbocycles. The number of carbonyl (C=O) groups excluding carboxylic acids is 1. The number of hydrogen-bond acceptors (Lipinski definition) is 4. The van der Waals surface area contributed by atoms with Crippen LogP contribution >= 0.6 is 0 Å². The van der Waals surface area contributed by atoms with Crippen molar-refractivity contribution in [1.82, 2.24) is 0 Å². The predicted molar refractivity (Wildman–Crippen MR) is 53.4 cm³/mol. The second-order valence-corrected chi connectivity index (χ2v) is 4.57. The molecule has 0 aromatic carbocycles. The van der Waals surface area contributed by atoms with Crippen molar-refractivity contribution >= 4 is 5.97 Å². The molecule has 0 aliphatic carbocycles. The summed E-state index contributed by atoms with van der Waals surface area (Å²) in [5.74, 6) is 0.535. The third-order valence-corrected chi connectivity index (χ3v) is 3.28. The number of hydrogen-bond donors (Lipinski definition) is 0. The molecule has 2 heterocycles. The van der Waals surface area contributed by atoms with Gasteiger partial charge >= 0.3 is 5.97 Å². The first kappa shape index (κ1) is 10.9. The van der Waals surface area contributed by atoms with Crippen molar-refractivity contribution in [2.75, 3.05) is 19.8 Å². The highest BCUT2D eigenvalue weighted by atomic mass is 16.7. The van der Waals surface area contributed by atoms with E-state index in [0.717, 1.165) is 0 Å². The second kappa shape index (κ2) is 3.76. The third-order valence-electron chi connectivity index (χ3n) is 3.28. The van der Waals surface area contributed by atoms with Crippen molar-refractivity contribution in [2.45, 2.75) is 32.5 Å². The minimum atomic E-state index is -0.396. The van der Waals surface area contributed by atoms with E-state index in [2.05, 4.69) is 13.8 Å². The lowest BCUT2D eigenvalue weighted by Gasteiger charge is -2.17. The van der Waals surface area contributed by atoms with Crippen LogP contribution in [0.5, 0.6) is 0 Å². The van der Waals surface area contributed by atoms with Crippen molar-refractivity contribution in [3.63, 3.8) is 0 Å². The normalized spacial score (nSPS) is 38.7. The van der Waals surface area contributed by atoms with Crippen molar-refractivity contribution in [2.24, 2.45) is 11.8 Å². The monoisotopic (exact) mass is 214 g/mol. The number of esters is 1. The Labute approximate surface area is 89.9 Å². The molecule has 2 aliphatic rings. The highest BCUT2D eigenvalue weighted by Gasteiger charge is 2.68. The Morgan fingerprint density at radius 1 is 1.60 bits per heavy atom. The zero-order valence-corrected chi connectivity index (χ0v) is 9.49. The molecular weight excluding hydrogens is 196 g/mol. The molecule has 15 heavy (non-hydrogen) atoms. The Kier molecular flexibility index (Phi) is 2.73. The molecule has 2 saturated heterocycles. The van der Waals surface area contributed by atoms with Crippen molar-refractivity contribution in [3.8, 4) is 0 Å². The maximum atomic E-state index is 11.5. The van der Waals surface area contributed by atoms with Crippen LogP contribution in [0.1, 0.15) is 20.8 Å². The quantitative estimate of drug-likeness (QED) is 0.519. The summed E-state index contributed by atoms with van der Waals surface area (Å²) in [7, 11) is 0. The van der Waals surface area contributed by atoms with Crippen LogP contribution in [0.3, 0.4) is 0 Å². The summed E-state index contributed by atoms with van der Waals surface area (Å²) in [6.45, 7) is 7.68. The van der Waals surface area contributed by atoms with E-state index in [9.17, 15) is 4.79 Å². The van der Waals surface area contributed by atoms with E-state index < -0.39 is 6.10 Å². The smallest absolute Gasteiger partial charge is 0.338 e. The maximum absolute atomic E-state index is 11.5. The van der Waals surface area contributed by atoms with Gasteiger partial charge in [0.25, 0.3) is 0 Å². The number of epoxide rings is 1. The molecule has 2 rings (SSSR count). The molecule has 2 fully saturated rings. The van der Waals surface area contributed by atoms with E-state index >= 15 is 0 Å². The molecule has 0 aromatic rings. The molecule has 0 bridgehead atoms. The minimum absolute atomic E-state index is 0.242. The number of rotatable bonds is 3. The van der Waals surface area contributed by atoms with Gasteiger partial charge in [0.1, 0.15) is 5.60 Å². The summed E-state index contributed by atoms with van der Waals surface area (Å²) in [6.07, 6.45) is -0.396. The highest BCUT2D eigenvalue weighted by Crippen LogP contribution is 2.50. The number of ether oxygens (including phenoxy) is 3. The van der Waals surface area contributed by atoms with E-state index in [-0.39, 0.29) is 11.6 Å². The summed E-state index contributed by atoms with van der Waals surface area (Å²) in [4.78, 5) is 11.5. The van der Waals surface area contributed by atoms with Gasteiger partial charge in [0, 0.05) is 5.92 Å². The van der Waals surface area contributed by atoms with Crippen LogP contribution in [0.4, 0.5) is 0 Å². The van der Waals surface area contributed by atoms with Crippen LogP contribution in [-0.2, 0) is 19.0 Å². The molecular formula is C11H18O4. The van der Waals surface area contributed by atoms with Gasteiger partial charge in [0.2, 0.25) is 0 Å². The second-order valence-electron chi connectivity index (χ2n) is 4.57. The van der Waals surface area contributed by atoms with Crippen LogP contribution in [-0.4, -0.2) is 37.5 Å². The third kappa shape index (κ3) is 1.66. The molecule has 86 valence electrons. The SMILES string of the molecule is CCOC(=O)C1OC12COCC2C(C)C. The fourth-order valence-electron chi connectivity index (χ4n) is 2.39. The lowest BCUT2D eigenvalue weighted by molar-refractivity contribution is -0.144. The van der Waals surface area contributed by atoms with Gasteiger partial charge in [-0.05, 0) is 12.8 Å². The molecule has 0 N–H and O–H groups in total. The van der Waals surface area contributed by atoms with Crippen LogP contribution in [0.15, 0.2) is 0 Å². The number of carbonyl (C=O) groups is 1. The molecule has 1 spiro atoms. The lowest BCUT2D eigenvalue weighted by atomic mass is 9.84. The van der Waals surface area contributed by atoms with Crippen molar-refractivity contribution < 1.29 is 19.0 Å². The first-order chi connectivity index (χ1) is 7.12. The van der Waals surface area contributed by atoms with E-state index in [1.165, 1.54) is 0 Å². The average Bonchev–Trinajstić information content (AvgIpc) is 2.69. The zero-order chi connectivity index (χ0) is 11.1. The molecule has 4 heteroatoms. The Hall–Kier alpha value is -0.610. The highest BCUT2D eigenvalue weighted by molar-refractivity contribution is 5.79. The van der Waals surface area contributed by atoms with Crippen LogP contribution < -0.4 is 0 Å². The van der Waals surface area contributed by atoms with Crippen LogP contribution in [0.2, 0.25) is 0 Å². The Morgan fingerprint density at radius 2 is 2.33 bits per heavy atom. The molecule has 0 radical (unpaired) electrons. The Morgan fingerprint density at radius 3 is 2.93 bits per heavy atom. The zero-order valence-electron chi connectivity index (χ0n) is 9.49.